The van der Waals surface area contributed by atoms with E-state index >= 15 is 0 Å². The summed E-state index contributed by atoms with van der Waals surface area (Å²) >= 11 is 5.97. The summed E-state index contributed by atoms with van der Waals surface area (Å²) < 4.78 is 12.7. The van der Waals surface area contributed by atoms with Gasteiger partial charge in [0.25, 0.3) is 0 Å². The van der Waals surface area contributed by atoms with Crippen molar-refractivity contribution in [3.63, 3.8) is 0 Å². The number of aromatic nitrogens is 2. The zero-order chi connectivity index (χ0) is 13.7. The highest BCUT2D eigenvalue weighted by Gasteiger charge is 2.10. The maximum absolute atomic E-state index is 5.97. The van der Waals surface area contributed by atoms with Gasteiger partial charge in [0, 0.05) is 25.8 Å². The molecule has 2 rings (SSSR count). The molecule has 2 aromatic rings. The number of hydrogen-bond donors (Lipinski definition) is 0. The molecular formula is C14H19ClN2O2. The summed E-state index contributed by atoms with van der Waals surface area (Å²) in [5.41, 5.74) is 2.01. The lowest BCUT2D eigenvalue weighted by Gasteiger charge is -2.08. The van der Waals surface area contributed by atoms with Gasteiger partial charge in [-0.05, 0) is 25.5 Å². The second-order valence-corrected chi connectivity index (χ2v) is 4.49. The molecular weight excluding hydrogens is 264 g/mol. The van der Waals surface area contributed by atoms with Crippen LogP contribution in [-0.4, -0.2) is 29.9 Å². The molecule has 104 valence electrons. The maximum Gasteiger partial charge on any atom is 0.124 e. The van der Waals surface area contributed by atoms with Crippen LogP contribution in [0.25, 0.3) is 11.0 Å². The third-order valence-corrected chi connectivity index (χ3v) is 3.27. The SMILES string of the molecule is CCOCCCn1c(CCl)nc2cc(OC)ccc21. The number of fused-ring (bicyclic) bond motifs is 1. The highest BCUT2D eigenvalue weighted by atomic mass is 35.5. The van der Waals surface area contributed by atoms with Gasteiger partial charge in [0.05, 0.1) is 24.0 Å². The number of imidazole rings is 1. The highest BCUT2D eigenvalue weighted by molar-refractivity contribution is 6.16. The molecule has 0 aliphatic rings. The standard InChI is InChI=1S/C14H19ClN2O2/c1-3-19-8-4-7-17-13-6-5-11(18-2)9-12(13)16-14(17)10-15/h5-6,9H,3-4,7-8,10H2,1-2H3. The first-order chi connectivity index (χ1) is 9.30. The third-order valence-electron chi connectivity index (χ3n) is 3.03. The molecule has 1 heterocycles. The lowest BCUT2D eigenvalue weighted by Crippen LogP contribution is -2.05. The average Bonchev–Trinajstić information content (AvgIpc) is 2.80. The fraction of sp³-hybridized carbons (Fsp3) is 0.500. The van der Waals surface area contributed by atoms with Crippen molar-refractivity contribution >= 4 is 22.6 Å². The van der Waals surface area contributed by atoms with Crippen molar-refractivity contribution in [1.29, 1.82) is 0 Å². The van der Waals surface area contributed by atoms with E-state index in [1.54, 1.807) is 7.11 Å². The zero-order valence-corrected chi connectivity index (χ0v) is 12.1. The largest absolute Gasteiger partial charge is 0.497 e. The van der Waals surface area contributed by atoms with Crippen molar-refractivity contribution in [1.82, 2.24) is 9.55 Å². The lowest BCUT2D eigenvalue weighted by atomic mass is 10.3. The van der Waals surface area contributed by atoms with E-state index in [2.05, 4.69) is 9.55 Å². The smallest absolute Gasteiger partial charge is 0.124 e. The summed E-state index contributed by atoms with van der Waals surface area (Å²) in [6.07, 6.45) is 0.954. The van der Waals surface area contributed by atoms with Gasteiger partial charge in [-0.1, -0.05) is 0 Å². The van der Waals surface area contributed by atoms with Gasteiger partial charge in [0.1, 0.15) is 11.6 Å². The summed E-state index contributed by atoms with van der Waals surface area (Å²) in [7, 11) is 1.66. The molecule has 0 amide bonds. The molecule has 0 aliphatic heterocycles. The molecule has 4 nitrogen and oxygen atoms in total. The van der Waals surface area contributed by atoms with E-state index in [1.807, 2.05) is 25.1 Å². The molecule has 0 spiro atoms. The Balaban J connectivity index is 2.24. The molecule has 0 saturated carbocycles. The van der Waals surface area contributed by atoms with Crippen LogP contribution >= 0.6 is 11.6 Å². The van der Waals surface area contributed by atoms with Crippen molar-refractivity contribution < 1.29 is 9.47 Å². The summed E-state index contributed by atoms with van der Waals surface area (Å²) in [5.74, 6) is 2.11. The van der Waals surface area contributed by atoms with Gasteiger partial charge in [-0.15, -0.1) is 11.6 Å². The molecule has 0 unspecified atom stereocenters. The lowest BCUT2D eigenvalue weighted by molar-refractivity contribution is 0.142. The normalized spacial score (nSPS) is 11.1. The Kier molecular flexibility index (Phi) is 5.05. The first-order valence-electron chi connectivity index (χ1n) is 6.47. The molecule has 19 heavy (non-hydrogen) atoms. The van der Waals surface area contributed by atoms with Gasteiger partial charge in [-0.25, -0.2) is 4.98 Å². The van der Waals surface area contributed by atoms with Gasteiger partial charge in [-0.2, -0.15) is 0 Å². The molecule has 0 atom stereocenters. The number of alkyl halides is 1. The second kappa shape index (κ2) is 6.78. The van der Waals surface area contributed by atoms with Crippen molar-refractivity contribution in [3.8, 4) is 5.75 Å². The van der Waals surface area contributed by atoms with E-state index in [9.17, 15) is 0 Å². The molecule has 0 aliphatic carbocycles. The Morgan fingerprint density at radius 2 is 2.21 bits per heavy atom. The number of nitrogens with zero attached hydrogens (tertiary/aromatic N) is 2. The fourth-order valence-corrected chi connectivity index (χ4v) is 2.31. The summed E-state index contributed by atoms with van der Waals surface area (Å²) in [6, 6.07) is 5.91. The van der Waals surface area contributed by atoms with Crippen LogP contribution < -0.4 is 4.74 Å². The molecule has 0 radical (unpaired) electrons. The van der Waals surface area contributed by atoms with E-state index in [0.29, 0.717) is 5.88 Å². The maximum atomic E-state index is 5.97. The molecule has 1 aromatic heterocycles. The van der Waals surface area contributed by atoms with E-state index in [4.69, 9.17) is 21.1 Å². The number of rotatable bonds is 7. The summed E-state index contributed by atoms with van der Waals surface area (Å²) in [5, 5.41) is 0. The summed E-state index contributed by atoms with van der Waals surface area (Å²) in [4.78, 5) is 4.55. The predicted molar refractivity (Wildman–Crippen MR) is 77.0 cm³/mol. The van der Waals surface area contributed by atoms with Crippen molar-refractivity contribution in [3.05, 3.63) is 24.0 Å². The topological polar surface area (TPSA) is 36.3 Å². The van der Waals surface area contributed by atoms with Crippen LogP contribution in [0.15, 0.2) is 18.2 Å². The van der Waals surface area contributed by atoms with Crippen LogP contribution in [0.5, 0.6) is 5.75 Å². The Morgan fingerprint density at radius 3 is 2.89 bits per heavy atom. The third kappa shape index (κ3) is 3.19. The molecule has 0 saturated heterocycles. The van der Waals surface area contributed by atoms with E-state index < -0.39 is 0 Å². The van der Waals surface area contributed by atoms with Crippen molar-refractivity contribution in [2.24, 2.45) is 0 Å². The number of hydrogen-bond acceptors (Lipinski definition) is 3. The number of aryl methyl sites for hydroxylation is 1. The molecule has 0 bridgehead atoms. The van der Waals surface area contributed by atoms with Crippen LogP contribution in [0.2, 0.25) is 0 Å². The number of benzene rings is 1. The first kappa shape index (κ1) is 14.2. The minimum atomic E-state index is 0.408. The zero-order valence-electron chi connectivity index (χ0n) is 11.4. The monoisotopic (exact) mass is 282 g/mol. The van der Waals surface area contributed by atoms with Crippen LogP contribution in [0, 0.1) is 0 Å². The first-order valence-corrected chi connectivity index (χ1v) is 7.00. The van der Waals surface area contributed by atoms with E-state index in [1.165, 1.54) is 0 Å². The minimum absolute atomic E-state index is 0.408. The van der Waals surface area contributed by atoms with Gasteiger partial charge in [0.15, 0.2) is 0 Å². The molecule has 0 N–H and O–H groups in total. The van der Waals surface area contributed by atoms with Crippen LogP contribution in [0.3, 0.4) is 0 Å². The Labute approximate surface area is 118 Å². The highest BCUT2D eigenvalue weighted by Crippen LogP contribution is 2.22. The van der Waals surface area contributed by atoms with Gasteiger partial charge in [0.2, 0.25) is 0 Å². The minimum Gasteiger partial charge on any atom is -0.497 e. The van der Waals surface area contributed by atoms with Crippen LogP contribution in [0.4, 0.5) is 0 Å². The number of methoxy groups -OCH3 is 1. The summed E-state index contributed by atoms with van der Waals surface area (Å²) in [6.45, 7) is 4.38. The van der Waals surface area contributed by atoms with Crippen LogP contribution in [0.1, 0.15) is 19.2 Å². The van der Waals surface area contributed by atoms with Gasteiger partial charge in [-0.3, -0.25) is 0 Å². The fourth-order valence-electron chi connectivity index (χ4n) is 2.11. The molecule has 0 fully saturated rings. The number of halogens is 1. The van der Waals surface area contributed by atoms with Crippen molar-refractivity contribution in [2.75, 3.05) is 20.3 Å². The quantitative estimate of drug-likeness (QED) is 0.578. The van der Waals surface area contributed by atoms with Crippen molar-refractivity contribution in [2.45, 2.75) is 25.8 Å². The van der Waals surface area contributed by atoms with E-state index in [0.717, 1.165) is 48.8 Å². The number of ether oxygens (including phenoxy) is 2. The second-order valence-electron chi connectivity index (χ2n) is 4.22. The Hall–Kier alpha value is -1.26. The molecule has 5 heteroatoms. The average molecular weight is 283 g/mol. The predicted octanol–water partition coefficient (Wildman–Crippen LogP) is 3.21. The Bertz CT molecular complexity index is 539. The molecule has 1 aromatic carbocycles. The van der Waals surface area contributed by atoms with Gasteiger partial charge >= 0.3 is 0 Å². The van der Waals surface area contributed by atoms with Gasteiger partial charge < -0.3 is 14.0 Å². The Morgan fingerprint density at radius 1 is 1.37 bits per heavy atom. The van der Waals surface area contributed by atoms with E-state index in [-0.39, 0.29) is 0 Å². The van der Waals surface area contributed by atoms with Crippen LogP contribution in [-0.2, 0) is 17.2 Å².